The number of fused-ring (bicyclic) bond motifs is 1. The van der Waals surface area contributed by atoms with Crippen LogP contribution in [0.1, 0.15) is 26.1 Å². The minimum absolute atomic E-state index is 0.0316. The van der Waals surface area contributed by atoms with Gasteiger partial charge < -0.3 is 15.6 Å². The van der Waals surface area contributed by atoms with Crippen molar-refractivity contribution < 1.29 is 4.79 Å². The first kappa shape index (κ1) is 13.5. The fourth-order valence-electron chi connectivity index (χ4n) is 1.83. The molecule has 1 aromatic heterocycles. The number of carbonyl (C=O) groups excluding carboxylic acids is 1. The van der Waals surface area contributed by atoms with Crippen LogP contribution in [0.5, 0.6) is 0 Å². The molecule has 0 aliphatic carbocycles. The summed E-state index contributed by atoms with van der Waals surface area (Å²) in [6.45, 7) is 6.39. The Morgan fingerprint density at radius 3 is 3.00 bits per heavy atom. The molecule has 0 aliphatic heterocycles. The van der Waals surface area contributed by atoms with Crippen LogP contribution in [0.15, 0.2) is 18.2 Å². The van der Waals surface area contributed by atoms with Crippen molar-refractivity contribution in [1.29, 1.82) is 0 Å². The lowest BCUT2D eigenvalue weighted by Gasteiger charge is -2.11. The van der Waals surface area contributed by atoms with Crippen molar-refractivity contribution in [2.24, 2.45) is 0 Å². The van der Waals surface area contributed by atoms with E-state index in [4.69, 9.17) is 0 Å². The van der Waals surface area contributed by atoms with Crippen molar-refractivity contribution in [2.75, 3.05) is 11.9 Å². The van der Waals surface area contributed by atoms with Gasteiger partial charge in [-0.3, -0.25) is 4.79 Å². The predicted molar refractivity (Wildman–Crippen MR) is 77.2 cm³/mol. The largest absolute Gasteiger partial charge is 0.342 e. The number of benzene rings is 1. The van der Waals surface area contributed by atoms with Gasteiger partial charge in [0.05, 0.1) is 17.6 Å². The third kappa shape index (κ3) is 3.54. The Kier molecular flexibility index (Phi) is 4.16. The number of amides is 1. The lowest BCUT2D eigenvalue weighted by molar-refractivity contribution is -0.115. The molecule has 1 heterocycles. The quantitative estimate of drug-likeness (QED) is 0.772. The number of aromatic nitrogens is 2. The number of nitrogens with one attached hydrogen (secondary N) is 3. The molecule has 5 nitrogen and oxygen atoms in total. The van der Waals surface area contributed by atoms with Gasteiger partial charge in [-0.2, -0.15) is 0 Å². The first-order valence-electron chi connectivity index (χ1n) is 6.58. The van der Waals surface area contributed by atoms with Crippen molar-refractivity contribution in [2.45, 2.75) is 33.2 Å². The van der Waals surface area contributed by atoms with Crippen molar-refractivity contribution in [3.05, 3.63) is 24.0 Å². The maximum absolute atomic E-state index is 11.8. The van der Waals surface area contributed by atoms with Crippen molar-refractivity contribution in [1.82, 2.24) is 15.3 Å². The zero-order chi connectivity index (χ0) is 13.8. The van der Waals surface area contributed by atoms with Crippen LogP contribution in [0.2, 0.25) is 0 Å². The van der Waals surface area contributed by atoms with Gasteiger partial charge in [0.2, 0.25) is 5.91 Å². The molecule has 0 radical (unpaired) electrons. The smallest absolute Gasteiger partial charge is 0.238 e. The molecule has 0 bridgehead atoms. The fraction of sp³-hybridized carbons (Fsp3) is 0.429. The molecule has 19 heavy (non-hydrogen) atoms. The van der Waals surface area contributed by atoms with Gasteiger partial charge in [0.1, 0.15) is 5.82 Å². The lowest BCUT2D eigenvalue weighted by atomic mass is 10.2. The molecule has 0 spiro atoms. The summed E-state index contributed by atoms with van der Waals surface area (Å²) in [6.07, 6.45) is 1.01. The molecule has 3 N–H and O–H groups in total. The second-order valence-electron chi connectivity index (χ2n) is 4.79. The molecule has 5 heteroatoms. The average molecular weight is 260 g/mol. The standard InChI is InChI=1S/C14H20N4O/c1-4-9(2)15-8-14(19)18-11-5-6-12-13(7-11)17-10(3)16-12/h5-7,9,15H,4,8H2,1-3H3,(H,16,17)(H,18,19). The Morgan fingerprint density at radius 1 is 1.47 bits per heavy atom. The third-order valence-electron chi connectivity index (χ3n) is 3.11. The number of aryl methyl sites for hydroxylation is 1. The highest BCUT2D eigenvalue weighted by molar-refractivity contribution is 5.94. The number of anilines is 1. The van der Waals surface area contributed by atoms with Gasteiger partial charge in [-0.05, 0) is 38.5 Å². The first-order chi connectivity index (χ1) is 9.08. The summed E-state index contributed by atoms with van der Waals surface area (Å²) in [7, 11) is 0. The number of hydrogen-bond acceptors (Lipinski definition) is 3. The lowest BCUT2D eigenvalue weighted by Crippen LogP contribution is -2.33. The van der Waals surface area contributed by atoms with E-state index >= 15 is 0 Å². The molecule has 2 rings (SSSR count). The number of rotatable bonds is 5. The molecular formula is C14H20N4O. The molecule has 0 saturated carbocycles. The summed E-state index contributed by atoms with van der Waals surface area (Å²) in [4.78, 5) is 19.3. The van der Waals surface area contributed by atoms with Gasteiger partial charge in [-0.25, -0.2) is 4.98 Å². The van der Waals surface area contributed by atoms with E-state index in [9.17, 15) is 4.79 Å². The fourth-order valence-corrected chi connectivity index (χ4v) is 1.83. The Balaban J connectivity index is 1.98. The Labute approximate surface area is 112 Å². The molecule has 1 atom stereocenters. The highest BCUT2D eigenvalue weighted by Gasteiger charge is 2.06. The summed E-state index contributed by atoms with van der Waals surface area (Å²) >= 11 is 0. The molecule has 0 saturated heterocycles. The van der Waals surface area contributed by atoms with Gasteiger partial charge in [-0.1, -0.05) is 6.92 Å². The summed E-state index contributed by atoms with van der Waals surface area (Å²) in [5.41, 5.74) is 2.63. The zero-order valence-electron chi connectivity index (χ0n) is 11.6. The minimum Gasteiger partial charge on any atom is -0.342 e. The van der Waals surface area contributed by atoms with Crippen LogP contribution in [-0.4, -0.2) is 28.5 Å². The van der Waals surface area contributed by atoms with Gasteiger partial charge in [0, 0.05) is 11.7 Å². The second kappa shape index (κ2) is 5.84. The maximum Gasteiger partial charge on any atom is 0.238 e. The predicted octanol–water partition coefficient (Wildman–Crippen LogP) is 2.20. The highest BCUT2D eigenvalue weighted by atomic mass is 16.1. The third-order valence-corrected chi connectivity index (χ3v) is 3.11. The van der Waals surface area contributed by atoms with Crippen molar-refractivity contribution >= 4 is 22.6 Å². The van der Waals surface area contributed by atoms with Gasteiger partial charge in [-0.15, -0.1) is 0 Å². The van der Waals surface area contributed by atoms with Crippen LogP contribution in [0, 0.1) is 6.92 Å². The second-order valence-corrected chi connectivity index (χ2v) is 4.79. The summed E-state index contributed by atoms with van der Waals surface area (Å²) in [5, 5.41) is 6.03. The molecule has 0 fully saturated rings. The minimum atomic E-state index is -0.0316. The molecule has 1 amide bonds. The van der Waals surface area contributed by atoms with Crippen LogP contribution in [0.25, 0.3) is 11.0 Å². The number of carbonyl (C=O) groups is 1. The van der Waals surface area contributed by atoms with E-state index in [-0.39, 0.29) is 5.91 Å². The summed E-state index contributed by atoms with van der Waals surface area (Å²) < 4.78 is 0. The van der Waals surface area contributed by atoms with E-state index in [1.165, 1.54) is 0 Å². The molecule has 2 aromatic rings. The summed E-state index contributed by atoms with van der Waals surface area (Å²) in [5.74, 6) is 0.841. The normalized spacial score (nSPS) is 12.6. The average Bonchev–Trinajstić information content (AvgIpc) is 2.75. The Hall–Kier alpha value is -1.88. The number of H-pyrrole nitrogens is 1. The van der Waals surface area contributed by atoms with Crippen LogP contribution in [0.3, 0.4) is 0 Å². The number of hydrogen-bond donors (Lipinski definition) is 3. The Morgan fingerprint density at radius 2 is 2.26 bits per heavy atom. The van der Waals surface area contributed by atoms with E-state index < -0.39 is 0 Å². The number of nitrogens with zero attached hydrogens (tertiary/aromatic N) is 1. The molecule has 1 unspecified atom stereocenters. The van der Waals surface area contributed by atoms with E-state index in [0.29, 0.717) is 12.6 Å². The molecule has 1 aromatic carbocycles. The first-order valence-corrected chi connectivity index (χ1v) is 6.58. The zero-order valence-corrected chi connectivity index (χ0v) is 11.6. The number of aromatic amines is 1. The summed E-state index contributed by atoms with van der Waals surface area (Å²) in [6, 6.07) is 6.01. The van der Waals surface area contributed by atoms with Gasteiger partial charge in [0.25, 0.3) is 0 Å². The van der Waals surface area contributed by atoms with Crippen LogP contribution in [0.4, 0.5) is 5.69 Å². The highest BCUT2D eigenvalue weighted by Crippen LogP contribution is 2.16. The molecular weight excluding hydrogens is 240 g/mol. The van der Waals surface area contributed by atoms with E-state index in [2.05, 4.69) is 34.4 Å². The van der Waals surface area contributed by atoms with Crippen LogP contribution >= 0.6 is 0 Å². The van der Waals surface area contributed by atoms with Crippen molar-refractivity contribution in [3.63, 3.8) is 0 Å². The van der Waals surface area contributed by atoms with E-state index in [0.717, 1.165) is 29.0 Å². The maximum atomic E-state index is 11.8. The van der Waals surface area contributed by atoms with Gasteiger partial charge >= 0.3 is 0 Å². The SMILES string of the molecule is CCC(C)NCC(=O)Nc1ccc2nc(C)[nH]c2c1. The topological polar surface area (TPSA) is 69.8 Å². The van der Waals surface area contributed by atoms with E-state index in [1.807, 2.05) is 25.1 Å². The van der Waals surface area contributed by atoms with Crippen LogP contribution < -0.4 is 10.6 Å². The van der Waals surface area contributed by atoms with Crippen LogP contribution in [-0.2, 0) is 4.79 Å². The van der Waals surface area contributed by atoms with E-state index in [1.54, 1.807) is 0 Å². The van der Waals surface area contributed by atoms with Crippen molar-refractivity contribution in [3.8, 4) is 0 Å². The molecule has 102 valence electrons. The van der Waals surface area contributed by atoms with Gasteiger partial charge in [0.15, 0.2) is 0 Å². The molecule has 0 aliphatic rings. The number of imidazole rings is 1. The monoisotopic (exact) mass is 260 g/mol. The Bertz CT molecular complexity index is 576.